The number of pyridine rings is 1. The molecule has 0 bridgehead atoms. The van der Waals surface area contributed by atoms with Crippen LogP contribution in [0.4, 0.5) is 5.69 Å². The Morgan fingerprint density at radius 2 is 1.95 bits per heavy atom. The van der Waals surface area contributed by atoms with Crippen LogP contribution in [0.25, 0.3) is 0 Å². The molecule has 1 amide bonds. The number of nitrogens with zero attached hydrogens (tertiary/aromatic N) is 3. The maximum absolute atomic E-state index is 12.3. The van der Waals surface area contributed by atoms with E-state index in [4.69, 9.17) is 0 Å². The lowest BCUT2D eigenvalue weighted by Crippen LogP contribution is -2.44. The number of hydrogen-bond donors (Lipinski definition) is 0. The van der Waals surface area contributed by atoms with Crippen LogP contribution < -0.4 is 5.56 Å². The summed E-state index contributed by atoms with van der Waals surface area (Å²) in [6.45, 7) is 5.38. The zero-order valence-electron chi connectivity index (χ0n) is 12.2. The first-order chi connectivity index (χ1) is 9.86. The number of hydrogen-bond acceptors (Lipinski definition) is 4. The third-order valence-electron chi connectivity index (χ3n) is 3.71. The molecule has 7 nitrogen and oxygen atoms in total. The molecule has 1 saturated heterocycles. The summed E-state index contributed by atoms with van der Waals surface area (Å²) in [5.74, 6) is 0.690. The van der Waals surface area contributed by atoms with Crippen LogP contribution in [0.3, 0.4) is 0 Å². The third kappa shape index (κ3) is 3.68. The van der Waals surface area contributed by atoms with Crippen LogP contribution in [-0.4, -0.2) is 33.4 Å². The van der Waals surface area contributed by atoms with Gasteiger partial charge in [0, 0.05) is 25.2 Å². The van der Waals surface area contributed by atoms with Gasteiger partial charge in [0.15, 0.2) is 0 Å². The Hall–Kier alpha value is -2.18. The molecule has 1 aliphatic heterocycles. The van der Waals surface area contributed by atoms with E-state index in [1.165, 1.54) is 0 Å². The minimum Gasteiger partial charge on any atom is -0.341 e. The average molecular weight is 293 g/mol. The van der Waals surface area contributed by atoms with Crippen molar-refractivity contribution in [2.75, 3.05) is 13.1 Å². The molecule has 0 radical (unpaired) electrons. The Bertz CT molecular complexity index is 600. The first-order valence-electron chi connectivity index (χ1n) is 6.99. The van der Waals surface area contributed by atoms with Gasteiger partial charge < -0.3 is 4.90 Å². The molecular formula is C14H19N3O4. The molecule has 0 aliphatic carbocycles. The highest BCUT2D eigenvalue weighted by atomic mass is 16.6. The molecule has 0 N–H and O–H groups in total. The molecule has 1 aromatic rings. The lowest BCUT2D eigenvalue weighted by atomic mass is 9.92. The van der Waals surface area contributed by atoms with E-state index >= 15 is 0 Å². The SMILES string of the molecule is CC1CC(C)CN(C(=O)Cn2cc([N+](=O)[O-])ccc2=O)C1. The van der Waals surface area contributed by atoms with E-state index in [1.54, 1.807) is 4.90 Å². The molecule has 0 saturated carbocycles. The average Bonchev–Trinajstić information content (AvgIpc) is 2.39. The second kappa shape index (κ2) is 6.07. The molecule has 21 heavy (non-hydrogen) atoms. The normalized spacial score (nSPS) is 22.1. The molecular weight excluding hydrogens is 274 g/mol. The highest BCUT2D eigenvalue weighted by Gasteiger charge is 2.25. The fourth-order valence-corrected chi connectivity index (χ4v) is 2.86. The minimum atomic E-state index is -0.578. The van der Waals surface area contributed by atoms with Gasteiger partial charge in [-0.2, -0.15) is 0 Å². The summed E-state index contributed by atoms with van der Waals surface area (Å²) < 4.78 is 1.10. The molecule has 1 fully saturated rings. The summed E-state index contributed by atoms with van der Waals surface area (Å²) in [7, 11) is 0. The molecule has 1 aromatic heterocycles. The van der Waals surface area contributed by atoms with E-state index in [2.05, 4.69) is 13.8 Å². The van der Waals surface area contributed by atoms with Crippen molar-refractivity contribution in [3.63, 3.8) is 0 Å². The van der Waals surface area contributed by atoms with E-state index in [0.29, 0.717) is 24.9 Å². The maximum Gasteiger partial charge on any atom is 0.285 e. The van der Waals surface area contributed by atoms with Gasteiger partial charge in [-0.1, -0.05) is 13.8 Å². The van der Waals surface area contributed by atoms with Gasteiger partial charge in [-0.05, 0) is 18.3 Å². The van der Waals surface area contributed by atoms with Crippen molar-refractivity contribution < 1.29 is 9.72 Å². The molecule has 0 spiro atoms. The van der Waals surface area contributed by atoms with Gasteiger partial charge in [0.25, 0.3) is 11.2 Å². The number of aromatic nitrogens is 1. The number of carbonyl (C=O) groups excluding carboxylic acids is 1. The van der Waals surface area contributed by atoms with Gasteiger partial charge in [0.05, 0.1) is 11.1 Å². The Balaban J connectivity index is 2.14. The van der Waals surface area contributed by atoms with Crippen molar-refractivity contribution in [3.05, 3.63) is 38.8 Å². The lowest BCUT2D eigenvalue weighted by molar-refractivity contribution is -0.385. The van der Waals surface area contributed by atoms with E-state index in [1.807, 2.05) is 0 Å². The van der Waals surface area contributed by atoms with Crippen molar-refractivity contribution in [2.45, 2.75) is 26.8 Å². The van der Waals surface area contributed by atoms with Crippen molar-refractivity contribution in [3.8, 4) is 0 Å². The van der Waals surface area contributed by atoms with E-state index in [9.17, 15) is 19.7 Å². The summed E-state index contributed by atoms with van der Waals surface area (Å²) in [6.07, 6.45) is 2.21. The number of carbonyl (C=O) groups is 1. The zero-order chi connectivity index (χ0) is 15.6. The monoisotopic (exact) mass is 293 g/mol. The van der Waals surface area contributed by atoms with Crippen LogP contribution in [-0.2, 0) is 11.3 Å². The van der Waals surface area contributed by atoms with Gasteiger partial charge in [-0.25, -0.2) is 0 Å². The molecule has 114 valence electrons. The van der Waals surface area contributed by atoms with Crippen LogP contribution in [0.5, 0.6) is 0 Å². The molecule has 2 unspecified atom stereocenters. The number of likely N-dealkylation sites (tertiary alicyclic amines) is 1. The van der Waals surface area contributed by atoms with Gasteiger partial charge in [-0.3, -0.25) is 24.3 Å². The minimum absolute atomic E-state index is 0.153. The quantitative estimate of drug-likeness (QED) is 0.620. The van der Waals surface area contributed by atoms with E-state index in [-0.39, 0.29) is 18.1 Å². The number of amides is 1. The summed E-state index contributed by atoms with van der Waals surface area (Å²) in [5, 5.41) is 10.7. The van der Waals surface area contributed by atoms with Gasteiger partial charge in [-0.15, -0.1) is 0 Å². The molecule has 2 rings (SSSR count). The summed E-state index contributed by atoms with van der Waals surface area (Å²) in [6, 6.07) is 2.27. The number of nitro groups is 1. The standard InChI is InChI=1S/C14H19N3O4/c1-10-5-11(2)7-15(6-10)14(19)9-16-8-12(17(20)21)3-4-13(16)18/h3-4,8,10-11H,5-7,9H2,1-2H3. The predicted molar refractivity (Wildman–Crippen MR) is 76.9 cm³/mol. The molecule has 0 aromatic carbocycles. The fourth-order valence-electron chi connectivity index (χ4n) is 2.86. The van der Waals surface area contributed by atoms with Gasteiger partial charge >= 0.3 is 0 Å². The van der Waals surface area contributed by atoms with E-state index < -0.39 is 10.5 Å². The predicted octanol–water partition coefficient (Wildman–Crippen LogP) is 1.26. The first kappa shape index (κ1) is 15.2. The fraction of sp³-hybridized carbons (Fsp3) is 0.571. The van der Waals surface area contributed by atoms with Crippen LogP contribution >= 0.6 is 0 Å². The lowest BCUT2D eigenvalue weighted by Gasteiger charge is -2.35. The van der Waals surface area contributed by atoms with Gasteiger partial charge in [0.2, 0.25) is 5.91 Å². The van der Waals surface area contributed by atoms with Crippen molar-refractivity contribution in [2.24, 2.45) is 11.8 Å². The zero-order valence-corrected chi connectivity index (χ0v) is 12.2. The topological polar surface area (TPSA) is 85.4 Å². The highest BCUT2D eigenvalue weighted by Crippen LogP contribution is 2.21. The molecule has 2 heterocycles. The Morgan fingerprint density at radius 1 is 1.33 bits per heavy atom. The molecule has 1 aliphatic rings. The third-order valence-corrected chi connectivity index (χ3v) is 3.71. The summed E-state index contributed by atoms with van der Waals surface area (Å²) >= 11 is 0. The van der Waals surface area contributed by atoms with Crippen LogP contribution in [0.15, 0.2) is 23.1 Å². The number of piperidine rings is 1. The Kier molecular flexibility index (Phi) is 4.40. The van der Waals surface area contributed by atoms with Crippen LogP contribution in [0, 0.1) is 22.0 Å². The van der Waals surface area contributed by atoms with Crippen LogP contribution in [0.1, 0.15) is 20.3 Å². The largest absolute Gasteiger partial charge is 0.341 e. The first-order valence-corrected chi connectivity index (χ1v) is 6.99. The Morgan fingerprint density at radius 3 is 2.52 bits per heavy atom. The van der Waals surface area contributed by atoms with Crippen LogP contribution in [0.2, 0.25) is 0 Å². The van der Waals surface area contributed by atoms with Crippen molar-refractivity contribution in [1.29, 1.82) is 0 Å². The van der Waals surface area contributed by atoms with Crippen molar-refractivity contribution in [1.82, 2.24) is 9.47 Å². The molecule has 2 atom stereocenters. The summed E-state index contributed by atoms with van der Waals surface area (Å²) in [5.41, 5.74) is -0.602. The second-order valence-electron chi connectivity index (χ2n) is 5.86. The van der Waals surface area contributed by atoms with E-state index in [0.717, 1.165) is 29.3 Å². The highest BCUT2D eigenvalue weighted by molar-refractivity contribution is 5.76. The van der Waals surface area contributed by atoms with Crippen molar-refractivity contribution >= 4 is 11.6 Å². The summed E-state index contributed by atoms with van der Waals surface area (Å²) in [4.78, 5) is 35.9. The molecule has 7 heteroatoms. The number of rotatable bonds is 3. The maximum atomic E-state index is 12.3. The Labute approximate surface area is 122 Å². The second-order valence-corrected chi connectivity index (χ2v) is 5.86. The smallest absolute Gasteiger partial charge is 0.285 e. The van der Waals surface area contributed by atoms with Gasteiger partial charge in [0.1, 0.15) is 6.54 Å².